The third kappa shape index (κ3) is 3.34. The van der Waals surface area contributed by atoms with Gasteiger partial charge in [-0.3, -0.25) is 4.79 Å². The van der Waals surface area contributed by atoms with Crippen LogP contribution < -0.4 is 18.9 Å². The average Bonchev–Trinajstić information content (AvgIpc) is 3.20. The van der Waals surface area contributed by atoms with Crippen molar-refractivity contribution in [1.29, 1.82) is 0 Å². The monoisotopic (exact) mass is 426 g/mol. The van der Waals surface area contributed by atoms with Crippen LogP contribution in [-0.2, 0) is 15.1 Å². The van der Waals surface area contributed by atoms with E-state index in [2.05, 4.69) is 0 Å². The van der Waals surface area contributed by atoms with Crippen LogP contribution >= 0.6 is 0 Å². The van der Waals surface area contributed by atoms with Crippen LogP contribution in [0, 0.1) is 0 Å². The molecule has 7 nitrogen and oxygen atoms in total. The standard InChI is InChI=1S/C24H26O7/c1-27-20-9-8-14(10-18(20)26)24(13-16-17(25)6-5-7-19(16)31-24)15-11-21(28-2)23(30-4)22(12-15)29-3/h8-12,26H,5-7,13H2,1-4H3/t24-/m0/s1. The number of ether oxygens (including phenoxy) is 5. The summed E-state index contributed by atoms with van der Waals surface area (Å²) in [5.74, 6) is 2.59. The van der Waals surface area contributed by atoms with Gasteiger partial charge >= 0.3 is 0 Å². The molecule has 2 aromatic rings. The molecule has 31 heavy (non-hydrogen) atoms. The smallest absolute Gasteiger partial charge is 0.203 e. The van der Waals surface area contributed by atoms with Gasteiger partial charge in [0.25, 0.3) is 0 Å². The maximum atomic E-state index is 12.7. The lowest BCUT2D eigenvalue weighted by Gasteiger charge is -2.32. The van der Waals surface area contributed by atoms with Gasteiger partial charge in [-0.2, -0.15) is 0 Å². The number of methoxy groups -OCH3 is 4. The number of phenols is 1. The van der Waals surface area contributed by atoms with E-state index >= 15 is 0 Å². The molecule has 0 bridgehead atoms. The number of hydrogen-bond acceptors (Lipinski definition) is 7. The van der Waals surface area contributed by atoms with E-state index in [1.165, 1.54) is 7.11 Å². The van der Waals surface area contributed by atoms with E-state index in [-0.39, 0.29) is 11.5 Å². The number of phenolic OH excluding ortho intramolecular Hbond substituents is 1. The molecule has 0 amide bonds. The molecule has 1 aliphatic heterocycles. The molecule has 7 heteroatoms. The zero-order valence-electron chi connectivity index (χ0n) is 18.1. The zero-order valence-corrected chi connectivity index (χ0v) is 18.1. The molecule has 0 saturated heterocycles. The van der Waals surface area contributed by atoms with Crippen LogP contribution in [0.25, 0.3) is 0 Å². The Kier molecular flexibility index (Phi) is 5.43. The summed E-state index contributed by atoms with van der Waals surface area (Å²) in [6.45, 7) is 0. The van der Waals surface area contributed by atoms with Gasteiger partial charge in [0.1, 0.15) is 5.76 Å². The predicted octanol–water partition coefficient (Wildman–Crippen LogP) is 4.10. The number of allylic oxidation sites excluding steroid dienone is 1. The van der Waals surface area contributed by atoms with Gasteiger partial charge in [-0.1, -0.05) is 6.07 Å². The minimum atomic E-state index is -1.03. The van der Waals surface area contributed by atoms with E-state index in [0.29, 0.717) is 59.2 Å². The van der Waals surface area contributed by atoms with Crippen LogP contribution in [-0.4, -0.2) is 39.3 Å². The van der Waals surface area contributed by atoms with Crippen molar-refractivity contribution in [2.45, 2.75) is 31.3 Å². The summed E-state index contributed by atoms with van der Waals surface area (Å²) in [6.07, 6.45) is 2.33. The molecule has 1 aliphatic carbocycles. The molecule has 164 valence electrons. The van der Waals surface area contributed by atoms with Gasteiger partial charge in [-0.15, -0.1) is 0 Å². The minimum absolute atomic E-state index is 0.00776. The number of aromatic hydroxyl groups is 1. The molecular weight excluding hydrogens is 400 g/mol. The number of Topliss-reactive ketones (excluding diaryl/α,β-unsaturated/α-hetero) is 1. The molecule has 2 aliphatic rings. The Bertz CT molecular complexity index is 1030. The molecule has 0 fully saturated rings. The highest BCUT2D eigenvalue weighted by atomic mass is 16.5. The summed E-state index contributed by atoms with van der Waals surface area (Å²) in [5, 5.41) is 10.5. The molecule has 0 spiro atoms. The summed E-state index contributed by atoms with van der Waals surface area (Å²) < 4.78 is 28.3. The van der Waals surface area contributed by atoms with Gasteiger partial charge in [0.05, 0.1) is 28.4 Å². The Labute approximate surface area is 181 Å². The molecule has 1 N–H and O–H groups in total. The summed E-state index contributed by atoms with van der Waals surface area (Å²) in [5.41, 5.74) is 1.10. The number of carbonyl (C=O) groups is 1. The molecule has 1 atom stereocenters. The predicted molar refractivity (Wildman–Crippen MR) is 113 cm³/mol. The van der Waals surface area contributed by atoms with Gasteiger partial charge in [0.15, 0.2) is 34.4 Å². The van der Waals surface area contributed by atoms with Crippen molar-refractivity contribution >= 4 is 5.78 Å². The first kappa shape index (κ1) is 20.9. The maximum absolute atomic E-state index is 12.7. The van der Waals surface area contributed by atoms with Crippen molar-refractivity contribution < 1.29 is 33.6 Å². The maximum Gasteiger partial charge on any atom is 0.203 e. The van der Waals surface area contributed by atoms with Gasteiger partial charge in [0, 0.05) is 36.0 Å². The van der Waals surface area contributed by atoms with Gasteiger partial charge in [0.2, 0.25) is 5.75 Å². The van der Waals surface area contributed by atoms with E-state index in [0.717, 1.165) is 12.0 Å². The number of benzene rings is 2. The van der Waals surface area contributed by atoms with Gasteiger partial charge in [-0.25, -0.2) is 0 Å². The number of ketones is 1. The van der Waals surface area contributed by atoms with E-state index in [9.17, 15) is 9.90 Å². The first-order valence-electron chi connectivity index (χ1n) is 10.1. The molecule has 2 aromatic carbocycles. The number of rotatable bonds is 6. The molecule has 1 heterocycles. The van der Waals surface area contributed by atoms with Gasteiger partial charge < -0.3 is 28.8 Å². The summed E-state index contributed by atoms with van der Waals surface area (Å²) in [4.78, 5) is 12.7. The Balaban J connectivity index is 1.93. The highest BCUT2D eigenvalue weighted by molar-refractivity contribution is 5.97. The quantitative estimate of drug-likeness (QED) is 0.745. The second kappa shape index (κ2) is 8.06. The van der Waals surface area contributed by atoms with Crippen molar-refractivity contribution in [3.8, 4) is 28.7 Å². The highest BCUT2D eigenvalue weighted by Crippen LogP contribution is 2.53. The average molecular weight is 426 g/mol. The van der Waals surface area contributed by atoms with E-state index in [4.69, 9.17) is 23.7 Å². The Morgan fingerprint density at radius 3 is 2.10 bits per heavy atom. The van der Waals surface area contributed by atoms with Gasteiger partial charge in [-0.05, 0) is 30.7 Å². The molecule has 4 rings (SSSR count). The third-order valence-electron chi connectivity index (χ3n) is 5.98. The van der Waals surface area contributed by atoms with Crippen LogP contribution in [0.15, 0.2) is 41.7 Å². The fourth-order valence-corrected chi connectivity index (χ4v) is 4.42. The second-order valence-corrected chi connectivity index (χ2v) is 7.58. The largest absolute Gasteiger partial charge is 0.504 e. The number of carbonyl (C=O) groups excluding carboxylic acids is 1. The lowest BCUT2D eigenvalue weighted by Crippen LogP contribution is -2.28. The SMILES string of the molecule is COc1ccc([C@]2(c3cc(OC)c(OC)c(OC)c3)CC3=C(CCCC3=O)O2)cc1O. The van der Waals surface area contributed by atoms with Crippen molar-refractivity contribution in [2.75, 3.05) is 28.4 Å². The summed E-state index contributed by atoms with van der Waals surface area (Å²) >= 11 is 0. The fraction of sp³-hybridized carbons (Fsp3) is 0.375. The summed E-state index contributed by atoms with van der Waals surface area (Å²) in [7, 11) is 6.14. The first-order valence-corrected chi connectivity index (χ1v) is 10.1. The highest BCUT2D eigenvalue weighted by Gasteiger charge is 2.47. The third-order valence-corrected chi connectivity index (χ3v) is 5.98. The molecule has 0 saturated carbocycles. The topological polar surface area (TPSA) is 83.5 Å². The second-order valence-electron chi connectivity index (χ2n) is 7.58. The Morgan fingerprint density at radius 2 is 1.55 bits per heavy atom. The molecule has 0 radical (unpaired) electrons. The van der Waals surface area contributed by atoms with Crippen molar-refractivity contribution in [3.63, 3.8) is 0 Å². The summed E-state index contributed by atoms with van der Waals surface area (Å²) in [6, 6.07) is 8.79. The Hall–Kier alpha value is -3.35. The van der Waals surface area contributed by atoms with Crippen molar-refractivity contribution in [3.05, 3.63) is 52.8 Å². The zero-order chi connectivity index (χ0) is 22.2. The fourth-order valence-electron chi connectivity index (χ4n) is 4.42. The van der Waals surface area contributed by atoms with E-state index in [1.807, 2.05) is 18.2 Å². The van der Waals surface area contributed by atoms with Crippen LogP contribution in [0.2, 0.25) is 0 Å². The first-order chi connectivity index (χ1) is 15.0. The lowest BCUT2D eigenvalue weighted by molar-refractivity contribution is -0.116. The van der Waals surface area contributed by atoms with E-state index in [1.54, 1.807) is 33.5 Å². The van der Waals surface area contributed by atoms with Crippen LogP contribution in [0.3, 0.4) is 0 Å². The van der Waals surface area contributed by atoms with Crippen LogP contribution in [0.5, 0.6) is 28.7 Å². The minimum Gasteiger partial charge on any atom is -0.504 e. The number of hydrogen-bond donors (Lipinski definition) is 1. The molecular formula is C24H26O7. The molecule has 0 unspecified atom stereocenters. The van der Waals surface area contributed by atoms with Crippen LogP contribution in [0.1, 0.15) is 36.8 Å². The van der Waals surface area contributed by atoms with Crippen molar-refractivity contribution in [2.24, 2.45) is 0 Å². The lowest BCUT2D eigenvalue weighted by atomic mass is 9.80. The normalized spacial score (nSPS) is 20.2. The van der Waals surface area contributed by atoms with Crippen LogP contribution in [0.4, 0.5) is 0 Å². The van der Waals surface area contributed by atoms with E-state index < -0.39 is 5.60 Å². The van der Waals surface area contributed by atoms with Crippen molar-refractivity contribution in [1.82, 2.24) is 0 Å². The Morgan fingerprint density at radius 1 is 0.871 bits per heavy atom. The molecule has 0 aromatic heterocycles.